The van der Waals surface area contributed by atoms with Crippen molar-refractivity contribution >= 4 is 14.0 Å². The predicted molar refractivity (Wildman–Crippen MR) is 90.4 cm³/mol. The fourth-order valence-corrected chi connectivity index (χ4v) is 3.81. The maximum atomic E-state index is 11.6. The highest BCUT2D eigenvalue weighted by Gasteiger charge is 2.22. The molecule has 2 nitrogen and oxygen atoms in total. The summed E-state index contributed by atoms with van der Waals surface area (Å²) in [5, 5.41) is 0. The van der Waals surface area contributed by atoms with Crippen LogP contribution in [0.2, 0.25) is 13.1 Å². The van der Waals surface area contributed by atoms with Crippen molar-refractivity contribution in [3.8, 4) is 11.5 Å². The van der Waals surface area contributed by atoms with Gasteiger partial charge in [-0.3, -0.25) is 4.79 Å². The van der Waals surface area contributed by atoms with E-state index in [4.69, 9.17) is 4.74 Å². The van der Waals surface area contributed by atoms with Gasteiger partial charge in [0.1, 0.15) is 14.7 Å². The number of ether oxygens (including phenoxy) is 1. The first-order valence-electron chi connectivity index (χ1n) is 7.42. The van der Waals surface area contributed by atoms with Gasteiger partial charge in [0, 0.05) is 6.42 Å². The number of hydrogen-bond acceptors (Lipinski definition) is 2. The second kappa shape index (κ2) is 7.47. The molecule has 0 aromatic heterocycles. The molecule has 0 atom stereocenters. The van der Waals surface area contributed by atoms with Gasteiger partial charge in [0.05, 0.1) is 5.41 Å². The van der Waals surface area contributed by atoms with Gasteiger partial charge >= 0.3 is 5.97 Å². The van der Waals surface area contributed by atoms with Gasteiger partial charge in [-0.2, -0.15) is 0 Å². The van der Waals surface area contributed by atoms with E-state index in [-0.39, 0.29) is 5.97 Å². The van der Waals surface area contributed by atoms with E-state index in [1.165, 1.54) is 5.56 Å². The van der Waals surface area contributed by atoms with Crippen LogP contribution in [-0.4, -0.2) is 20.7 Å². The van der Waals surface area contributed by atoms with Gasteiger partial charge in [-0.25, -0.2) is 0 Å². The first-order valence-corrected chi connectivity index (χ1v) is 10.6. The van der Waals surface area contributed by atoms with Crippen LogP contribution in [-0.2, 0) is 15.6 Å². The van der Waals surface area contributed by atoms with Crippen molar-refractivity contribution in [1.29, 1.82) is 0 Å². The highest BCUT2D eigenvalue weighted by atomic mass is 28.3. The maximum absolute atomic E-state index is 11.6. The Balaban J connectivity index is 2.41. The largest absolute Gasteiger partial charge is 0.464 e. The minimum atomic E-state index is -1.56. The molecular weight excluding hydrogens is 276 g/mol. The summed E-state index contributed by atoms with van der Waals surface area (Å²) in [7, 11) is -1.56. The molecule has 0 saturated heterocycles. The van der Waals surface area contributed by atoms with E-state index in [1.807, 2.05) is 26.8 Å². The lowest BCUT2D eigenvalue weighted by Crippen LogP contribution is -2.27. The van der Waals surface area contributed by atoms with Crippen molar-refractivity contribution in [2.75, 3.05) is 6.61 Å². The van der Waals surface area contributed by atoms with Crippen molar-refractivity contribution in [2.24, 2.45) is 5.41 Å². The van der Waals surface area contributed by atoms with Crippen LogP contribution in [0.25, 0.3) is 0 Å². The molecule has 0 aliphatic heterocycles. The van der Waals surface area contributed by atoms with Crippen LogP contribution in [0.4, 0.5) is 0 Å². The Morgan fingerprint density at radius 2 is 1.81 bits per heavy atom. The van der Waals surface area contributed by atoms with Crippen LogP contribution in [0, 0.1) is 16.9 Å². The Morgan fingerprint density at radius 3 is 2.38 bits per heavy atom. The standard InChI is InChI=1S/C18H26O2Si/c1-18(2,3)17(19)20-13-9-10-14-21(4,5)15-16-11-7-6-8-12-16/h6-8,11-12H,9,13,15H2,1-5H3. The highest BCUT2D eigenvalue weighted by molar-refractivity contribution is 6.84. The van der Waals surface area contributed by atoms with Gasteiger partial charge in [0.15, 0.2) is 0 Å². The van der Waals surface area contributed by atoms with E-state index < -0.39 is 13.5 Å². The quantitative estimate of drug-likeness (QED) is 0.364. The molecule has 0 heterocycles. The molecular formula is C18H26O2Si. The number of hydrogen-bond donors (Lipinski definition) is 0. The second-order valence-corrected chi connectivity index (χ2v) is 11.4. The molecule has 1 aromatic carbocycles. The lowest BCUT2D eigenvalue weighted by Gasteiger charge is -2.16. The van der Waals surface area contributed by atoms with Crippen molar-refractivity contribution in [3.63, 3.8) is 0 Å². The molecule has 0 unspecified atom stereocenters. The fraction of sp³-hybridized carbons (Fsp3) is 0.500. The zero-order chi connectivity index (χ0) is 15.9. The first kappa shape index (κ1) is 17.5. The normalized spacial score (nSPS) is 11.5. The zero-order valence-electron chi connectivity index (χ0n) is 13.8. The third kappa shape index (κ3) is 7.15. The van der Waals surface area contributed by atoms with Crippen LogP contribution in [0.1, 0.15) is 32.8 Å². The molecule has 21 heavy (non-hydrogen) atoms. The lowest BCUT2D eigenvalue weighted by atomic mass is 9.97. The number of carbonyl (C=O) groups is 1. The first-order chi connectivity index (χ1) is 9.71. The van der Waals surface area contributed by atoms with Crippen molar-refractivity contribution in [2.45, 2.75) is 46.3 Å². The van der Waals surface area contributed by atoms with E-state index in [1.54, 1.807) is 0 Å². The molecule has 0 fully saturated rings. The number of esters is 1. The third-order valence-corrected chi connectivity index (χ3v) is 5.13. The number of carbonyl (C=O) groups excluding carboxylic acids is 1. The van der Waals surface area contributed by atoms with Crippen molar-refractivity contribution < 1.29 is 9.53 Å². The summed E-state index contributed by atoms with van der Waals surface area (Å²) in [6, 6.07) is 11.5. The van der Waals surface area contributed by atoms with E-state index >= 15 is 0 Å². The molecule has 0 aliphatic rings. The summed E-state index contributed by atoms with van der Waals surface area (Å²) in [5.74, 6) is 3.03. The van der Waals surface area contributed by atoms with Crippen molar-refractivity contribution in [3.05, 3.63) is 35.9 Å². The van der Waals surface area contributed by atoms with Crippen LogP contribution in [0.5, 0.6) is 0 Å². The summed E-state index contributed by atoms with van der Waals surface area (Å²) >= 11 is 0. The Morgan fingerprint density at radius 1 is 1.19 bits per heavy atom. The maximum Gasteiger partial charge on any atom is 0.311 e. The zero-order valence-corrected chi connectivity index (χ0v) is 14.8. The summed E-state index contributed by atoms with van der Waals surface area (Å²) in [5.41, 5.74) is 4.33. The summed E-state index contributed by atoms with van der Waals surface area (Å²) in [6.45, 7) is 10.5. The molecule has 1 rings (SSSR count). The Hall–Kier alpha value is -1.53. The SMILES string of the molecule is CC(C)(C)C(=O)OCCC#C[Si](C)(C)Cc1ccccc1. The molecule has 0 saturated carbocycles. The van der Waals surface area contributed by atoms with Gasteiger partial charge in [-0.15, -0.1) is 11.5 Å². The summed E-state index contributed by atoms with van der Waals surface area (Å²) in [6.07, 6.45) is 0.618. The fourth-order valence-electron chi connectivity index (χ4n) is 1.86. The minimum absolute atomic E-state index is 0.162. The smallest absolute Gasteiger partial charge is 0.311 e. The van der Waals surface area contributed by atoms with E-state index in [9.17, 15) is 4.79 Å². The van der Waals surface area contributed by atoms with Gasteiger partial charge in [-0.1, -0.05) is 43.4 Å². The molecule has 1 aromatic rings. The van der Waals surface area contributed by atoms with Crippen LogP contribution in [0.3, 0.4) is 0 Å². The Kier molecular flexibility index (Phi) is 6.23. The van der Waals surface area contributed by atoms with E-state index in [2.05, 4.69) is 48.8 Å². The third-order valence-electron chi connectivity index (χ3n) is 2.99. The molecule has 0 N–H and O–H groups in total. The van der Waals surface area contributed by atoms with Crippen LogP contribution < -0.4 is 0 Å². The molecule has 0 aliphatic carbocycles. The lowest BCUT2D eigenvalue weighted by molar-refractivity contribution is -0.152. The van der Waals surface area contributed by atoms with Crippen molar-refractivity contribution in [1.82, 2.24) is 0 Å². The summed E-state index contributed by atoms with van der Waals surface area (Å²) < 4.78 is 5.21. The molecule has 0 radical (unpaired) electrons. The average Bonchev–Trinajstić information content (AvgIpc) is 2.37. The van der Waals surface area contributed by atoms with Crippen LogP contribution in [0.15, 0.2) is 30.3 Å². The minimum Gasteiger partial charge on any atom is -0.464 e. The number of rotatable bonds is 4. The topological polar surface area (TPSA) is 26.3 Å². The Bertz CT molecular complexity index is 516. The highest BCUT2D eigenvalue weighted by Crippen LogP contribution is 2.15. The van der Waals surface area contributed by atoms with Gasteiger partial charge < -0.3 is 4.74 Å². The van der Waals surface area contributed by atoms with Gasteiger partial charge in [0.2, 0.25) is 0 Å². The van der Waals surface area contributed by atoms with Crippen LogP contribution >= 0.6 is 0 Å². The predicted octanol–water partition coefficient (Wildman–Crippen LogP) is 4.00. The molecule has 0 bridgehead atoms. The monoisotopic (exact) mass is 302 g/mol. The second-order valence-electron chi connectivity index (χ2n) is 6.98. The average molecular weight is 302 g/mol. The van der Waals surface area contributed by atoms with Gasteiger partial charge in [0.25, 0.3) is 0 Å². The Labute approximate surface area is 129 Å². The molecule has 0 amide bonds. The molecule has 114 valence electrons. The molecule has 0 spiro atoms. The van der Waals surface area contributed by atoms with E-state index in [0.717, 1.165) is 6.04 Å². The molecule has 3 heteroatoms. The van der Waals surface area contributed by atoms with E-state index in [0.29, 0.717) is 13.0 Å². The summed E-state index contributed by atoms with van der Waals surface area (Å²) in [4.78, 5) is 11.6. The number of benzene rings is 1. The van der Waals surface area contributed by atoms with Gasteiger partial charge in [-0.05, 0) is 32.4 Å².